The molecule has 276 valence electrons. The van der Waals surface area contributed by atoms with Gasteiger partial charge in [-0.05, 0) is 57.4 Å². The molecule has 2 N–H and O–H groups in total. The summed E-state index contributed by atoms with van der Waals surface area (Å²) in [6.07, 6.45) is 17.8. The predicted octanol–water partition coefficient (Wildman–Crippen LogP) is 11.0. The molecule has 4 aromatic rings. The van der Waals surface area contributed by atoms with Crippen LogP contribution in [-0.2, 0) is 4.74 Å². The number of nitrogens with zero attached hydrogens (tertiary/aromatic N) is 3. The topological polar surface area (TPSA) is 97.6 Å². The van der Waals surface area contributed by atoms with Crippen LogP contribution in [-0.4, -0.2) is 51.1 Å². The second-order valence-electron chi connectivity index (χ2n) is 14.3. The Morgan fingerprint density at radius 1 is 0.549 bits per heavy atom. The van der Waals surface area contributed by atoms with Gasteiger partial charge in [0, 0.05) is 23.8 Å². The third-order valence-electron chi connectivity index (χ3n) is 9.49. The molecular formula is C44H61N3O4. The summed E-state index contributed by atoms with van der Waals surface area (Å²) in [4.78, 5) is 14.5. The maximum Gasteiger partial charge on any atom is 0.167 e. The van der Waals surface area contributed by atoms with Crippen molar-refractivity contribution < 1.29 is 19.7 Å². The van der Waals surface area contributed by atoms with Gasteiger partial charge in [0.2, 0.25) is 0 Å². The molecule has 0 aliphatic rings. The van der Waals surface area contributed by atoms with Gasteiger partial charge >= 0.3 is 0 Å². The minimum atomic E-state index is -0.761. The van der Waals surface area contributed by atoms with Crippen LogP contribution in [0, 0.1) is 27.7 Å². The van der Waals surface area contributed by atoms with Crippen molar-refractivity contribution in [3.63, 3.8) is 0 Å². The molecule has 0 aliphatic carbocycles. The number of aliphatic hydroxyl groups is 1. The third kappa shape index (κ3) is 13.4. The Balaban J connectivity index is 1.23. The number of phenolic OH excluding ortho intramolecular Hbond substituents is 1. The summed E-state index contributed by atoms with van der Waals surface area (Å²) in [7, 11) is 0. The SMILES string of the molecule is CCCCCCCCCCCCCCCCOCC(O)COc1ccc(-c2nc(-c3ccc(C)cc3C)nc(-c3ccc(C)cc3C)n2)c(O)c1. The molecule has 0 saturated carbocycles. The van der Waals surface area contributed by atoms with Crippen LogP contribution in [0.25, 0.3) is 34.2 Å². The zero-order chi connectivity index (χ0) is 36.4. The Morgan fingerprint density at radius 2 is 1.00 bits per heavy atom. The number of aromatic hydroxyl groups is 1. The van der Waals surface area contributed by atoms with E-state index in [1.807, 2.05) is 38.1 Å². The third-order valence-corrected chi connectivity index (χ3v) is 9.49. The van der Waals surface area contributed by atoms with Gasteiger partial charge in [-0.3, -0.25) is 0 Å². The number of unbranched alkanes of at least 4 members (excludes halogenated alkanes) is 13. The molecule has 4 rings (SSSR count). The molecule has 7 heteroatoms. The van der Waals surface area contributed by atoms with Gasteiger partial charge in [0.15, 0.2) is 17.5 Å². The van der Waals surface area contributed by atoms with Crippen LogP contribution < -0.4 is 4.74 Å². The Morgan fingerprint density at radius 3 is 1.47 bits per heavy atom. The number of aliphatic hydroxyl groups excluding tert-OH is 1. The highest BCUT2D eigenvalue weighted by atomic mass is 16.5. The molecule has 0 bridgehead atoms. The molecule has 0 aliphatic heterocycles. The van der Waals surface area contributed by atoms with Crippen LogP contribution in [0.2, 0.25) is 0 Å². The first-order valence-corrected chi connectivity index (χ1v) is 19.4. The summed E-state index contributed by atoms with van der Waals surface area (Å²) < 4.78 is 11.5. The van der Waals surface area contributed by atoms with E-state index < -0.39 is 6.10 Å². The molecule has 0 amide bonds. The van der Waals surface area contributed by atoms with Crippen molar-refractivity contribution in [2.24, 2.45) is 0 Å². The number of aromatic nitrogens is 3. The molecule has 1 atom stereocenters. The van der Waals surface area contributed by atoms with E-state index in [0.29, 0.717) is 35.4 Å². The number of benzene rings is 3. The van der Waals surface area contributed by atoms with Crippen LogP contribution in [0.1, 0.15) is 119 Å². The van der Waals surface area contributed by atoms with Crippen molar-refractivity contribution in [2.45, 2.75) is 131 Å². The number of aryl methyl sites for hydroxylation is 4. The van der Waals surface area contributed by atoms with Gasteiger partial charge < -0.3 is 19.7 Å². The first kappa shape index (κ1) is 40.0. The van der Waals surface area contributed by atoms with E-state index in [9.17, 15) is 10.2 Å². The Labute approximate surface area is 306 Å². The number of hydrogen-bond donors (Lipinski definition) is 2. The van der Waals surface area contributed by atoms with E-state index in [2.05, 4.69) is 32.9 Å². The molecule has 0 radical (unpaired) electrons. The van der Waals surface area contributed by atoms with Gasteiger partial charge in [-0.25, -0.2) is 15.0 Å². The number of ether oxygens (including phenoxy) is 2. The van der Waals surface area contributed by atoms with Crippen LogP contribution in [0.5, 0.6) is 11.5 Å². The molecule has 1 aromatic heterocycles. The molecule has 51 heavy (non-hydrogen) atoms. The van der Waals surface area contributed by atoms with Crippen molar-refractivity contribution >= 4 is 0 Å². The Kier molecular flexibility index (Phi) is 16.9. The summed E-state index contributed by atoms with van der Waals surface area (Å²) in [5.74, 6) is 1.89. The van der Waals surface area contributed by atoms with Gasteiger partial charge in [0.05, 0.1) is 12.2 Å². The minimum absolute atomic E-state index is 0.0135. The normalized spacial score (nSPS) is 12.0. The molecule has 7 nitrogen and oxygen atoms in total. The minimum Gasteiger partial charge on any atom is -0.507 e. The van der Waals surface area contributed by atoms with Crippen molar-refractivity contribution in [1.82, 2.24) is 15.0 Å². The van der Waals surface area contributed by atoms with E-state index in [0.717, 1.165) is 46.2 Å². The zero-order valence-corrected chi connectivity index (χ0v) is 31.8. The van der Waals surface area contributed by atoms with Crippen molar-refractivity contribution in [3.8, 4) is 45.7 Å². The first-order chi connectivity index (χ1) is 24.7. The lowest BCUT2D eigenvalue weighted by molar-refractivity contribution is 0.0109. The number of phenols is 1. The van der Waals surface area contributed by atoms with E-state index in [1.54, 1.807) is 12.1 Å². The maximum atomic E-state index is 11.1. The predicted molar refractivity (Wildman–Crippen MR) is 209 cm³/mol. The highest BCUT2D eigenvalue weighted by molar-refractivity contribution is 5.72. The fourth-order valence-electron chi connectivity index (χ4n) is 6.52. The average molecular weight is 696 g/mol. The lowest BCUT2D eigenvalue weighted by atomic mass is 10.0. The van der Waals surface area contributed by atoms with E-state index >= 15 is 0 Å². The summed E-state index contributed by atoms with van der Waals surface area (Å²) in [5.41, 5.74) is 6.75. The van der Waals surface area contributed by atoms with Crippen molar-refractivity contribution in [1.29, 1.82) is 0 Å². The summed E-state index contributed by atoms with van der Waals surface area (Å²) in [6.45, 7) is 11.4. The molecule has 3 aromatic carbocycles. The Hall–Kier alpha value is -3.81. The number of hydrogen-bond acceptors (Lipinski definition) is 7. The monoisotopic (exact) mass is 695 g/mol. The standard InChI is InChI=1S/C44H61N3O4/c1-6-7-8-9-10-11-12-13-14-15-16-17-18-19-26-50-30-36(48)31-51-37-22-25-40(41(49)29-37)44-46-42(38-23-20-32(2)27-34(38)4)45-43(47-44)39-24-21-33(3)28-35(39)5/h20-25,27-29,36,48-49H,6-19,26,30-31H2,1-5H3. The van der Waals surface area contributed by atoms with Gasteiger partial charge in [-0.1, -0.05) is 138 Å². The highest BCUT2D eigenvalue weighted by Crippen LogP contribution is 2.34. The molecule has 0 spiro atoms. The van der Waals surface area contributed by atoms with E-state index in [-0.39, 0.29) is 19.0 Å². The van der Waals surface area contributed by atoms with Crippen molar-refractivity contribution in [3.05, 3.63) is 76.9 Å². The average Bonchev–Trinajstić information content (AvgIpc) is 3.10. The van der Waals surface area contributed by atoms with E-state index in [1.165, 1.54) is 83.1 Å². The molecule has 0 saturated heterocycles. The fraction of sp³-hybridized carbons (Fsp3) is 0.523. The lowest BCUT2D eigenvalue weighted by Gasteiger charge is -2.14. The van der Waals surface area contributed by atoms with Gasteiger partial charge in [0.1, 0.15) is 24.2 Å². The largest absolute Gasteiger partial charge is 0.507 e. The first-order valence-electron chi connectivity index (χ1n) is 19.4. The van der Waals surface area contributed by atoms with Crippen LogP contribution >= 0.6 is 0 Å². The van der Waals surface area contributed by atoms with Crippen LogP contribution in [0.3, 0.4) is 0 Å². The molecular weight excluding hydrogens is 635 g/mol. The van der Waals surface area contributed by atoms with Gasteiger partial charge in [0.25, 0.3) is 0 Å². The summed E-state index contributed by atoms with van der Waals surface area (Å²) in [6, 6.07) is 17.4. The lowest BCUT2D eigenvalue weighted by Crippen LogP contribution is -2.23. The Bertz CT molecular complexity index is 1570. The number of rotatable bonds is 23. The van der Waals surface area contributed by atoms with Crippen LogP contribution in [0.15, 0.2) is 54.6 Å². The second-order valence-corrected chi connectivity index (χ2v) is 14.3. The molecule has 1 unspecified atom stereocenters. The molecule has 0 fully saturated rings. The van der Waals surface area contributed by atoms with Gasteiger partial charge in [-0.15, -0.1) is 0 Å². The van der Waals surface area contributed by atoms with Crippen LogP contribution in [0.4, 0.5) is 0 Å². The molecule has 1 heterocycles. The maximum absolute atomic E-state index is 11.1. The van der Waals surface area contributed by atoms with Gasteiger partial charge in [-0.2, -0.15) is 0 Å². The quantitative estimate of drug-likeness (QED) is 0.0745. The highest BCUT2D eigenvalue weighted by Gasteiger charge is 2.18. The summed E-state index contributed by atoms with van der Waals surface area (Å²) >= 11 is 0. The summed E-state index contributed by atoms with van der Waals surface area (Å²) in [5, 5.41) is 21.6. The zero-order valence-electron chi connectivity index (χ0n) is 31.8. The van der Waals surface area contributed by atoms with E-state index in [4.69, 9.17) is 24.4 Å². The fourth-order valence-corrected chi connectivity index (χ4v) is 6.52. The second kappa shape index (κ2) is 21.5. The smallest absolute Gasteiger partial charge is 0.167 e. The van der Waals surface area contributed by atoms with Crippen molar-refractivity contribution in [2.75, 3.05) is 19.8 Å².